The molecule has 1 atom stereocenters. The fraction of sp³-hybridized carbons (Fsp3) is 0.688. The highest BCUT2D eigenvalue weighted by molar-refractivity contribution is 5.05. The van der Waals surface area contributed by atoms with Gasteiger partial charge < -0.3 is 9.88 Å². The molecule has 6 heteroatoms. The van der Waals surface area contributed by atoms with E-state index in [1.54, 1.807) is 0 Å². The molecular weight excluding hydrogens is 276 g/mol. The third-order valence-corrected chi connectivity index (χ3v) is 4.31. The molecule has 1 N–H and O–H groups in total. The van der Waals surface area contributed by atoms with Crippen LogP contribution in [-0.4, -0.2) is 31.1 Å². The van der Waals surface area contributed by atoms with E-state index in [-0.39, 0.29) is 5.54 Å². The quantitative estimate of drug-likeness (QED) is 0.937. The molecule has 0 amide bonds. The van der Waals surface area contributed by atoms with Crippen molar-refractivity contribution in [2.75, 3.05) is 6.54 Å². The van der Waals surface area contributed by atoms with Crippen molar-refractivity contribution in [1.82, 2.24) is 29.9 Å². The lowest BCUT2D eigenvalue weighted by Gasteiger charge is -2.24. The number of aromatic nitrogens is 5. The van der Waals surface area contributed by atoms with E-state index < -0.39 is 0 Å². The lowest BCUT2D eigenvalue weighted by molar-refractivity contribution is 0.343. The Morgan fingerprint density at radius 2 is 2.14 bits per heavy atom. The molecule has 2 aromatic rings. The monoisotopic (exact) mass is 302 g/mol. The number of fused-ring (bicyclic) bond motifs is 1. The summed E-state index contributed by atoms with van der Waals surface area (Å²) in [6.45, 7) is 11.5. The maximum Gasteiger partial charge on any atom is 0.133 e. The average Bonchev–Trinajstić information content (AvgIpc) is 3.06. The zero-order chi connectivity index (χ0) is 15.7. The van der Waals surface area contributed by atoms with Crippen LogP contribution in [0.5, 0.6) is 0 Å². The number of aryl methyl sites for hydroxylation is 2. The molecule has 0 aromatic carbocycles. The van der Waals surface area contributed by atoms with Crippen molar-refractivity contribution in [1.29, 1.82) is 0 Å². The molecule has 0 aliphatic carbocycles. The Morgan fingerprint density at radius 1 is 1.32 bits per heavy atom. The number of nitrogens with zero attached hydrogens (tertiary/aromatic N) is 5. The molecule has 0 radical (unpaired) electrons. The summed E-state index contributed by atoms with van der Waals surface area (Å²) in [6.07, 6.45) is 6.32. The van der Waals surface area contributed by atoms with Crippen LogP contribution >= 0.6 is 0 Å². The second kappa shape index (κ2) is 5.83. The molecule has 3 heterocycles. The van der Waals surface area contributed by atoms with Gasteiger partial charge in [-0.05, 0) is 46.6 Å². The van der Waals surface area contributed by atoms with Crippen molar-refractivity contribution < 1.29 is 0 Å². The second-order valence-electron chi connectivity index (χ2n) is 7.27. The fourth-order valence-electron chi connectivity index (χ4n) is 2.94. The average molecular weight is 302 g/mol. The number of nitrogens with one attached hydrogen (secondary N) is 1. The molecule has 22 heavy (non-hydrogen) atoms. The number of rotatable bonds is 4. The third-order valence-electron chi connectivity index (χ3n) is 4.31. The van der Waals surface area contributed by atoms with Crippen molar-refractivity contribution in [2.24, 2.45) is 5.92 Å². The standard InChI is InChI=1S/C16H26N6/c1-12-19-20-15-6-5-13(10-21(12)15)7-17-8-14-9-18-22(11-14)16(2,3)4/h9,11,13,17H,5-8,10H2,1-4H3/t13-/m0/s1. The molecule has 6 nitrogen and oxygen atoms in total. The second-order valence-corrected chi connectivity index (χ2v) is 7.27. The van der Waals surface area contributed by atoms with Gasteiger partial charge in [-0.3, -0.25) is 4.68 Å². The predicted molar refractivity (Wildman–Crippen MR) is 85.5 cm³/mol. The van der Waals surface area contributed by atoms with E-state index in [0.717, 1.165) is 37.7 Å². The summed E-state index contributed by atoms with van der Waals surface area (Å²) in [4.78, 5) is 0. The van der Waals surface area contributed by atoms with Gasteiger partial charge in [0.15, 0.2) is 0 Å². The number of hydrogen-bond acceptors (Lipinski definition) is 4. The van der Waals surface area contributed by atoms with Crippen molar-refractivity contribution in [3.63, 3.8) is 0 Å². The summed E-state index contributed by atoms with van der Waals surface area (Å²) in [7, 11) is 0. The summed E-state index contributed by atoms with van der Waals surface area (Å²) in [5.74, 6) is 2.83. The van der Waals surface area contributed by atoms with Crippen LogP contribution in [-0.2, 0) is 25.0 Å². The zero-order valence-electron chi connectivity index (χ0n) is 14.0. The van der Waals surface area contributed by atoms with Crippen LogP contribution in [0.15, 0.2) is 12.4 Å². The highest BCUT2D eigenvalue weighted by Crippen LogP contribution is 2.19. The normalized spacial score (nSPS) is 18.5. The summed E-state index contributed by atoms with van der Waals surface area (Å²) in [5.41, 5.74) is 1.29. The molecule has 0 saturated heterocycles. The first kappa shape index (κ1) is 15.2. The molecule has 0 saturated carbocycles. The molecule has 0 fully saturated rings. The van der Waals surface area contributed by atoms with E-state index in [0.29, 0.717) is 5.92 Å². The fourth-order valence-corrected chi connectivity index (χ4v) is 2.94. The third kappa shape index (κ3) is 3.21. The molecule has 1 aliphatic heterocycles. The summed E-state index contributed by atoms with van der Waals surface area (Å²) in [6, 6.07) is 0. The zero-order valence-corrected chi connectivity index (χ0v) is 14.0. The molecule has 1 aliphatic rings. The largest absolute Gasteiger partial charge is 0.315 e. The Balaban J connectivity index is 1.50. The number of hydrogen-bond donors (Lipinski definition) is 1. The van der Waals surface area contributed by atoms with Crippen molar-refractivity contribution in [3.8, 4) is 0 Å². The Morgan fingerprint density at radius 3 is 2.86 bits per heavy atom. The van der Waals surface area contributed by atoms with Crippen LogP contribution in [0, 0.1) is 12.8 Å². The molecule has 3 rings (SSSR count). The van der Waals surface area contributed by atoms with Gasteiger partial charge >= 0.3 is 0 Å². The molecule has 2 aromatic heterocycles. The Bertz CT molecular complexity index is 633. The summed E-state index contributed by atoms with van der Waals surface area (Å²) in [5, 5.41) is 16.4. The lowest BCUT2D eigenvalue weighted by atomic mass is 9.99. The van der Waals surface area contributed by atoms with Gasteiger partial charge in [0, 0.05) is 31.3 Å². The Kier molecular flexibility index (Phi) is 4.04. The topological polar surface area (TPSA) is 60.6 Å². The first-order chi connectivity index (χ1) is 10.4. The Labute approximate surface area is 131 Å². The molecule has 0 unspecified atom stereocenters. The first-order valence-corrected chi connectivity index (χ1v) is 8.07. The van der Waals surface area contributed by atoms with E-state index in [1.807, 2.05) is 17.8 Å². The maximum absolute atomic E-state index is 4.44. The van der Waals surface area contributed by atoms with Gasteiger partial charge in [-0.2, -0.15) is 5.10 Å². The van der Waals surface area contributed by atoms with Gasteiger partial charge in [0.2, 0.25) is 0 Å². The smallest absolute Gasteiger partial charge is 0.133 e. The van der Waals surface area contributed by atoms with Gasteiger partial charge in [-0.1, -0.05) is 0 Å². The van der Waals surface area contributed by atoms with E-state index >= 15 is 0 Å². The van der Waals surface area contributed by atoms with Gasteiger partial charge in [0.25, 0.3) is 0 Å². The molecular formula is C16H26N6. The van der Waals surface area contributed by atoms with E-state index in [9.17, 15) is 0 Å². The van der Waals surface area contributed by atoms with Crippen LogP contribution in [0.3, 0.4) is 0 Å². The van der Waals surface area contributed by atoms with Crippen LogP contribution in [0.1, 0.15) is 44.4 Å². The van der Waals surface area contributed by atoms with Crippen molar-refractivity contribution in [3.05, 3.63) is 29.6 Å². The van der Waals surface area contributed by atoms with Crippen LogP contribution in [0.2, 0.25) is 0 Å². The minimum absolute atomic E-state index is 0.0456. The van der Waals surface area contributed by atoms with E-state index in [4.69, 9.17) is 0 Å². The van der Waals surface area contributed by atoms with Crippen LogP contribution in [0.4, 0.5) is 0 Å². The van der Waals surface area contributed by atoms with Crippen LogP contribution < -0.4 is 5.32 Å². The highest BCUT2D eigenvalue weighted by atomic mass is 15.3. The lowest BCUT2D eigenvalue weighted by Crippen LogP contribution is -2.30. The highest BCUT2D eigenvalue weighted by Gasteiger charge is 2.21. The van der Waals surface area contributed by atoms with Crippen molar-refractivity contribution >= 4 is 0 Å². The predicted octanol–water partition coefficient (Wildman–Crippen LogP) is 1.89. The first-order valence-electron chi connectivity index (χ1n) is 8.07. The van der Waals surface area contributed by atoms with Crippen molar-refractivity contribution in [2.45, 2.75) is 59.2 Å². The van der Waals surface area contributed by atoms with E-state index in [2.05, 4.69) is 52.1 Å². The van der Waals surface area contributed by atoms with Gasteiger partial charge in [-0.15, -0.1) is 10.2 Å². The minimum atomic E-state index is 0.0456. The minimum Gasteiger partial charge on any atom is -0.315 e. The summed E-state index contributed by atoms with van der Waals surface area (Å²) < 4.78 is 4.28. The Hall–Kier alpha value is -1.69. The summed E-state index contributed by atoms with van der Waals surface area (Å²) >= 11 is 0. The molecule has 120 valence electrons. The van der Waals surface area contributed by atoms with Gasteiger partial charge in [-0.25, -0.2) is 0 Å². The van der Waals surface area contributed by atoms with Crippen LogP contribution in [0.25, 0.3) is 0 Å². The van der Waals surface area contributed by atoms with E-state index in [1.165, 1.54) is 12.0 Å². The van der Waals surface area contributed by atoms with Gasteiger partial charge in [0.1, 0.15) is 11.6 Å². The maximum atomic E-state index is 4.44. The SMILES string of the molecule is Cc1nnc2n1C[C@H](CNCc1cnn(C(C)(C)C)c1)CC2. The molecule has 0 spiro atoms. The molecule has 0 bridgehead atoms. The van der Waals surface area contributed by atoms with Gasteiger partial charge in [0.05, 0.1) is 11.7 Å².